The number of amides is 1. The van der Waals surface area contributed by atoms with Gasteiger partial charge in [0.1, 0.15) is 5.75 Å². The van der Waals surface area contributed by atoms with E-state index in [0.29, 0.717) is 16.9 Å². The smallest absolute Gasteiger partial charge is 0.234 e. The molecule has 0 spiro atoms. The summed E-state index contributed by atoms with van der Waals surface area (Å²) in [7, 11) is 1.63. The van der Waals surface area contributed by atoms with Crippen molar-refractivity contribution in [3.05, 3.63) is 53.6 Å². The van der Waals surface area contributed by atoms with Gasteiger partial charge in [-0.25, -0.2) is 4.98 Å². The molecule has 1 amide bonds. The molecular weight excluding hydrogens is 372 g/mol. The van der Waals surface area contributed by atoms with Crippen LogP contribution in [0.5, 0.6) is 5.75 Å². The molecule has 0 fully saturated rings. The lowest BCUT2D eigenvalue weighted by atomic mass is 9.98. The molecule has 6 nitrogen and oxygen atoms in total. The van der Waals surface area contributed by atoms with Crippen LogP contribution in [0.25, 0.3) is 11.4 Å². The van der Waals surface area contributed by atoms with Gasteiger partial charge in [-0.1, -0.05) is 43.8 Å². The second kappa shape index (κ2) is 8.93. The number of hydrogen-bond donors (Lipinski definition) is 2. The molecule has 0 aliphatic rings. The van der Waals surface area contributed by atoms with Crippen LogP contribution in [0.2, 0.25) is 0 Å². The number of carbonyl (C=O) groups is 1. The van der Waals surface area contributed by atoms with Crippen molar-refractivity contribution in [3.8, 4) is 17.1 Å². The summed E-state index contributed by atoms with van der Waals surface area (Å²) in [5.41, 5.74) is 4.00. The van der Waals surface area contributed by atoms with Crippen molar-refractivity contribution in [3.63, 3.8) is 0 Å². The van der Waals surface area contributed by atoms with Crippen LogP contribution in [0.15, 0.2) is 47.6 Å². The molecule has 7 heteroatoms. The van der Waals surface area contributed by atoms with E-state index >= 15 is 0 Å². The van der Waals surface area contributed by atoms with E-state index in [1.54, 1.807) is 7.11 Å². The third kappa shape index (κ3) is 4.72. The number of nitrogens with zero attached hydrogens (tertiary/aromatic N) is 2. The van der Waals surface area contributed by atoms with Crippen molar-refractivity contribution in [2.24, 2.45) is 0 Å². The number of anilines is 1. The molecule has 0 bridgehead atoms. The maximum atomic E-state index is 12.4. The lowest BCUT2D eigenvalue weighted by molar-refractivity contribution is -0.113. The molecule has 1 heterocycles. The minimum Gasteiger partial charge on any atom is -0.497 e. The molecule has 1 aromatic heterocycles. The average molecular weight is 397 g/mol. The number of rotatable bonds is 7. The number of nitrogens with one attached hydrogen (secondary N) is 2. The maximum absolute atomic E-state index is 12.4. The summed E-state index contributed by atoms with van der Waals surface area (Å²) in [5, 5.41) is 10.7. The van der Waals surface area contributed by atoms with Gasteiger partial charge in [0.15, 0.2) is 5.82 Å². The number of benzene rings is 2. The summed E-state index contributed by atoms with van der Waals surface area (Å²) in [6, 6.07) is 13.6. The monoisotopic (exact) mass is 396 g/mol. The van der Waals surface area contributed by atoms with E-state index in [1.165, 1.54) is 11.8 Å². The van der Waals surface area contributed by atoms with Gasteiger partial charge in [-0.2, -0.15) is 0 Å². The van der Waals surface area contributed by atoms with Gasteiger partial charge in [-0.15, -0.1) is 5.10 Å². The lowest BCUT2D eigenvalue weighted by Gasteiger charge is -2.16. The number of carbonyl (C=O) groups excluding carboxylic acids is 1. The van der Waals surface area contributed by atoms with Crippen LogP contribution in [-0.4, -0.2) is 34.0 Å². The topological polar surface area (TPSA) is 79.9 Å². The van der Waals surface area contributed by atoms with Gasteiger partial charge in [0.25, 0.3) is 0 Å². The zero-order valence-electron chi connectivity index (χ0n) is 16.4. The Labute approximate surface area is 169 Å². The van der Waals surface area contributed by atoms with Crippen molar-refractivity contribution >= 4 is 23.4 Å². The number of ether oxygens (including phenoxy) is 1. The molecule has 0 radical (unpaired) electrons. The first-order valence-corrected chi connectivity index (χ1v) is 10.1. The van der Waals surface area contributed by atoms with Gasteiger partial charge in [0.2, 0.25) is 11.1 Å². The van der Waals surface area contributed by atoms with E-state index in [1.807, 2.05) is 43.3 Å². The maximum Gasteiger partial charge on any atom is 0.234 e. The second-order valence-corrected chi connectivity index (χ2v) is 7.67. The summed E-state index contributed by atoms with van der Waals surface area (Å²) in [6.07, 6.45) is 0. The number of aromatic nitrogens is 3. The molecule has 3 rings (SSSR count). The fourth-order valence-corrected chi connectivity index (χ4v) is 3.44. The van der Waals surface area contributed by atoms with E-state index in [-0.39, 0.29) is 11.7 Å². The molecule has 0 saturated heterocycles. The number of hydrogen-bond acceptors (Lipinski definition) is 5. The molecule has 0 aliphatic carbocycles. The molecule has 28 heavy (non-hydrogen) atoms. The molecule has 3 aromatic rings. The highest BCUT2D eigenvalue weighted by molar-refractivity contribution is 7.99. The third-order valence-corrected chi connectivity index (χ3v) is 5.20. The molecule has 0 aliphatic heterocycles. The van der Waals surface area contributed by atoms with Crippen LogP contribution in [0.4, 0.5) is 5.69 Å². The Bertz CT molecular complexity index is 951. The van der Waals surface area contributed by atoms with E-state index in [0.717, 1.165) is 28.1 Å². The van der Waals surface area contributed by atoms with Crippen LogP contribution in [0.1, 0.15) is 30.9 Å². The lowest BCUT2D eigenvalue weighted by Crippen LogP contribution is -2.16. The van der Waals surface area contributed by atoms with Crippen LogP contribution in [-0.2, 0) is 4.79 Å². The van der Waals surface area contributed by atoms with Crippen LogP contribution in [0.3, 0.4) is 0 Å². The molecule has 2 aromatic carbocycles. The van der Waals surface area contributed by atoms with Crippen LogP contribution >= 0.6 is 11.8 Å². The SMILES string of the molecule is COc1ccc(-c2nc(SCC(=O)Nc3c(C)cccc3C(C)C)n[nH]2)cc1. The first-order valence-electron chi connectivity index (χ1n) is 9.07. The highest BCUT2D eigenvalue weighted by atomic mass is 32.2. The molecule has 146 valence electrons. The zero-order chi connectivity index (χ0) is 20.1. The Morgan fingerprint density at radius 1 is 1.21 bits per heavy atom. The number of aryl methyl sites for hydroxylation is 1. The Hall–Kier alpha value is -2.80. The first-order chi connectivity index (χ1) is 13.5. The second-order valence-electron chi connectivity index (χ2n) is 6.73. The number of para-hydroxylation sites is 1. The fraction of sp³-hybridized carbons (Fsp3) is 0.286. The third-order valence-electron chi connectivity index (χ3n) is 4.35. The zero-order valence-corrected chi connectivity index (χ0v) is 17.3. The quantitative estimate of drug-likeness (QED) is 0.569. The van der Waals surface area contributed by atoms with Crippen LogP contribution < -0.4 is 10.1 Å². The molecular formula is C21H24N4O2S. The average Bonchev–Trinajstić information content (AvgIpc) is 3.17. The number of aromatic amines is 1. The van der Waals surface area contributed by atoms with Gasteiger partial charge in [-0.3, -0.25) is 9.89 Å². The Kier molecular flexibility index (Phi) is 6.36. The van der Waals surface area contributed by atoms with Gasteiger partial charge < -0.3 is 10.1 Å². The van der Waals surface area contributed by atoms with Crippen molar-refractivity contribution in [2.45, 2.75) is 31.8 Å². The van der Waals surface area contributed by atoms with Gasteiger partial charge in [0.05, 0.1) is 12.9 Å². The highest BCUT2D eigenvalue weighted by Crippen LogP contribution is 2.28. The number of thioether (sulfide) groups is 1. The molecule has 0 unspecified atom stereocenters. The van der Waals surface area contributed by atoms with Gasteiger partial charge in [0, 0.05) is 11.3 Å². The van der Waals surface area contributed by atoms with Crippen molar-refractivity contribution in [1.29, 1.82) is 0 Å². The van der Waals surface area contributed by atoms with Gasteiger partial charge >= 0.3 is 0 Å². The normalized spacial score (nSPS) is 10.9. The molecule has 0 atom stereocenters. The predicted octanol–water partition coefficient (Wildman–Crippen LogP) is 4.64. The van der Waals surface area contributed by atoms with E-state index in [9.17, 15) is 4.79 Å². The number of methoxy groups -OCH3 is 1. The summed E-state index contributed by atoms with van der Waals surface area (Å²) >= 11 is 1.30. The molecule has 0 saturated carbocycles. The fourth-order valence-electron chi connectivity index (χ4n) is 2.84. The summed E-state index contributed by atoms with van der Waals surface area (Å²) in [5.74, 6) is 1.95. The predicted molar refractivity (Wildman–Crippen MR) is 113 cm³/mol. The summed E-state index contributed by atoms with van der Waals surface area (Å²) in [6.45, 7) is 6.24. The van der Waals surface area contributed by atoms with Gasteiger partial charge in [-0.05, 0) is 48.2 Å². The molecule has 2 N–H and O–H groups in total. The van der Waals surface area contributed by atoms with Crippen molar-refractivity contribution in [1.82, 2.24) is 15.2 Å². The minimum atomic E-state index is -0.0722. The Balaban J connectivity index is 1.62. The van der Waals surface area contributed by atoms with E-state index < -0.39 is 0 Å². The Morgan fingerprint density at radius 3 is 2.64 bits per heavy atom. The highest BCUT2D eigenvalue weighted by Gasteiger charge is 2.14. The van der Waals surface area contributed by atoms with Crippen molar-refractivity contribution < 1.29 is 9.53 Å². The van der Waals surface area contributed by atoms with E-state index in [2.05, 4.69) is 40.4 Å². The largest absolute Gasteiger partial charge is 0.497 e. The first kappa shape index (κ1) is 19.9. The van der Waals surface area contributed by atoms with E-state index in [4.69, 9.17) is 4.74 Å². The minimum absolute atomic E-state index is 0.0722. The summed E-state index contributed by atoms with van der Waals surface area (Å²) in [4.78, 5) is 16.9. The standard InChI is InChI=1S/C21H24N4O2S/c1-13(2)17-7-5-6-14(3)19(17)22-18(26)12-28-21-23-20(24-25-21)15-8-10-16(27-4)11-9-15/h5-11,13H,12H2,1-4H3,(H,22,26)(H,23,24,25). The number of H-pyrrole nitrogens is 1. The summed E-state index contributed by atoms with van der Waals surface area (Å²) < 4.78 is 5.16. The Morgan fingerprint density at radius 2 is 1.96 bits per heavy atom. The van der Waals surface area contributed by atoms with Crippen molar-refractivity contribution in [2.75, 3.05) is 18.2 Å². The van der Waals surface area contributed by atoms with Crippen LogP contribution in [0, 0.1) is 6.92 Å².